The van der Waals surface area contributed by atoms with Crippen LogP contribution < -0.4 is 21.2 Å². The van der Waals surface area contributed by atoms with Crippen molar-refractivity contribution in [2.24, 2.45) is 0 Å². The molecule has 0 aromatic carbocycles. The zero-order valence-electron chi connectivity index (χ0n) is 16.0. The molecule has 0 bridgehead atoms. The highest BCUT2D eigenvalue weighted by molar-refractivity contribution is 6.00. The molecule has 0 aliphatic carbocycles. The largest absolute Gasteiger partial charge is 0.396 e. The van der Waals surface area contributed by atoms with Crippen LogP contribution in [0.25, 0.3) is 16.7 Å². The molecule has 9 heteroatoms. The first-order chi connectivity index (χ1) is 14.1. The molecule has 4 N–H and O–H groups in total. The van der Waals surface area contributed by atoms with E-state index in [0.717, 1.165) is 12.8 Å². The number of nitrogens with two attached hydrogens (primary N) is 1. The molecule has 1 aliphatic heterocycles. The lowest BCUT2D eigenvalue weighted by molar-refractivity contribution is -0.659. The number of anilines is 1. The van der Waals surface area contributed by atoms with E-state index < -0.39 is 0 Å². The number of hydrogen-bond donors (Lipinski definition) is 3. The highest BCUT2D eigenvalue weighted by atomic mass is 16.5. The van der Waals surface area contributed by atoms with Crippen LogP contribution in [0.2, 0.25) is 0 Å². The first-order valence-electron chi connectivity index (χ1n) is 9.74. The van der Waals surface area contributed by atoms with Crippen molar-refractivity contribution in [3.05, 3.63) is 46.4 Å². The van der Waals surface area contributed by atoms with Gasteiger partial charge in [0.15, 0.2) is 0 Å². The van der Waals surface area contributed by atoms with Gasteiger partial charge in [-0.25, -0.2) is 4.57 Å². The second kappa shape index (κ2) is 8.14. The number of ether oxygens (including phenoxy) is 1. The summed E-state index contributed by atoms with van der Waals surface area (Å²) in [6, 6.07) is 6.77. The SMILES string of the molecule is Nc1c(C(=O)NC[C@@H]2CCCO2)cc2c(=O)n3ccccc3nc2[n+]1CCCO. The van der Waals surface area contributed by atoms with Gasteiger partial charge < -0.3 is 20.9 Å². The van der Waals surface area contributed by atoms with Gasteiger partial charge in [-0.1, -0.05) is 11.1 Å². The fraction of sp³-hybridized carbons (Fsp3) is 0.400. The van der Waals surface area contributed by atoms with Crippen molar-refractivity contribution in [2.45, 2.75) is 31.9 Å². The van der Waals surface area contributed by atoms with Crippen molar-refractivity contribution in [1.82, 2.24) is 14.7 Å². The van der Waals surface area contributed by atoms with Gasteiger partial charge in [0.2, 0.25) is 11.5 Å². The number of carbonyl (C=O) groups is 1. The summed E-state index contributed by atoms with van der Waals surface area (Å²) in [7, 11) is 0. The molecular formula is C20H24N5O4+. The standard InChI is InChI=1S/C20H23N5O4/c21-17-14(19(27)22-12-13-5-3-10-29-13)11-15-18(25(17)8-4-9-26)23-16-6-1-2-7-24(16)20(15)28/h1-2,6-7,11,13,21,26H,3-5,8-10,12H2,(H,22,27)/p+1/t13-/m0/s1. The highest BCUT2D eigenvalue weighted by Gasteiger charge is 2.25. The summed E-state index contributed by atoms with van der Waals surface area (Å²) in [4.78, 5) is 30.4. The highest BCUT2D eigenvalue weighted by Crippen LogP contribution is 2.16. The summed E-state index contributed by atoms with van der Waals surface area (Å²) in [5.74, 6) is -0.154. The van der Waals surface area contributed by atoms with Crippen molar-refractivity contribution < 1.29 is 19.2 Å². The normalized spacial score (nSPS) is 16.5. The fourth-order valence-corrected chi connectivity index (χ4v) is 3.64. The topological polar surface area (TPSA) is 123 Å². The van der Waals surface area contributed by atoms with Gasteiger partial charge in [-0.05, 0) is 31.0 Å². The van der Waals surface area contributed by atoms with Crippen LogP contribution in [0.1, 0.15) is 29.6 Å². The minimum absolute atomic E-state index is 0.00150. The lowest BCUT2D eigenvalue weighted by Crippen LogP contribution is -2.43. The molecule has 3 aromatic rings. The van der Waals surface area contributed by atoms with Gasteiger partial charge in [-0.3, -0.25) is 14.0 Å². The van der Waals surface area contributed by atoms with Gasteiger partial charge in [0.05, 0.1) is 12.6 Å². The smallest absolute Gasteiger partial charge is 0.278 e. The molecule has 0 unspecified atom stereocenters. The molecule has 9 nitrogen and oxygen atoms in total. The first kappa shape index (κ1) is 19.3. The fourth-order valence-electron chi connectivity index (χ4n) is 3.64. The number of aliphatic hydroxyl groups excluding tert-OH is 1. The molecule has 0 spiro atoms. The second-order valence-corrected chi connectivity index (χ2v) is 7.10. The van der Waals surface area contributed by atoms with E-state index in [-0.39, 0.29) is 35.6 Å². The van der Waals surface area contributed by atoms with Gasteiger partial charge in [0.1, 0.15) is 10.9 Å². The monoisotopic (exact) mass is 398 g/mol. The number of pyridine rings is 2. The average Bonchev–Trinajstić information content (AvgIpc) is 3.25. The number of fused-ring (bicyclic) bond motifs is 2. The summed E-state index contributed by atoms with van der Waals surface area (Å²) < 4.78 is 8.60. The molecule has 4 heterocycles. The van der Waals surface area contributed by atoms with Crippen molar-refractivity contribution in [3.8, 4) is 0 Å². The Morgan fingerprint density at radius 2 is 2.31 bits per heavy atom. The van der Waals surface area contributed by atoms with Crippen molar-refractivity contribution >= 4 is 28.4 Å². The van der Waals surface area contributed by atoms with Crippen LogP contribution in [-0.2, 0) is 11.3 Å². The van der Waals surface area contributed by atoms with Crippen LogP contribution in [0.4, 0.5) is 5.82 Å². The Bertz CT molecular complexity index is 1120. The van der Waals surface area contributed by atoms with Gasteiger partial charge in [-0.15, -0.1) is 0 Å². The predicted octanol–water partition coefficient (Wildman–Crippen LogP) is 0.00860. The lowest BCUT2D eigenvalue weighted by atomic mass is 10.1. The molecule has 152 valence electrons. The van der Waals surface area contributed by atoms with E-state index in [1.807, 2.05) is 0 Å². The number of amides is 1. The molecule has 0 radical (unpaired) electrons. The summed E-state index contributed by atoms with van der Waals surface area (Å²) in [6.45, 7) is 1.38. The molecule has 1 saturated heterocycles. The van der Waals surface area contributed by atoms with Crippen LogP contribution in [-0.4, -0.2) is 46.3 Å². The van der Waals surface area contributed by atoms with Gasteiger partial charge in [0.25, 0.3) is 17.1 Å². The van der Waals surface area contributed by atoms with Crippen LogP contribution in [0.15, 0.2) is 35.3 Å². The Morgan fingerprint density at radius 3 is 3.07 bits per heavy atom. The Kier molecular flexibility index (Phi) is 5.41. The predicted molar refractivity (Wildman–Crippen MR) is 107 cm³/mol. The Morgan fingerprint density at radius 1 is 1.45 bits per heavy atom. The maximum atomic E-state index is 13.0. The summed E-state index contributed by atoms with van der Waals surface area (Å²) in [6.07, 6.45) is 3.94. The summed E-state index contributed by atoms with van der Waals surface area (Å²) in [5, 5.41) is 12.4. The van der Waals surface area contributed by atoms with Gasteiger partial charge in [-0.2, -0.15) is 0 Å². The summed E-state index contributed by atoms with van der Waals surface area (Å²) in [5.41, 5.74) is 7.12. The minimum Gasteiger partial charge on any atom is -0.396 e. The number of hydrogen-bond acceptors (Lipinski definition) is 6. The molecule has 1 aliphatic rings. The van der Waals surface area contributed by atoms with E-state index in [2.05, 4.69) is 10.3 Å². The van der Waals surface area contributed by atoms with Crippen LogP contribution >= 0.6 is 0 Å². The summed E-state index contributed by atoms with van der Waals surface area (Å²) >= 11 is 0. The van der Waals surface area contributed by atoms with E-state index in [1.54, 1.807) is 29.0 Å². The van der Waals surface area contributed by atoms with Crippen molar-refractivity contribution in [3.63, 3.8) is 0 Å². The molecule has 29 heavy (non-hydrogen) atoms. The van der Waals surface area contributed by atoms with Crippen molar-refractivity contribution in [1.29, 1.82) is 0 Å². The first-order valence-corrected chi connectivity index (χ1v) is 9.74. The van der Waals surface area contributed by atoms with E-state index >= 15 is 0 Å². The number of carbonyl (C=O) groups excluding carboxylic acids is 1. The number of aliphatic hydroxyl groups is 1. The number of nitrogens with one attached hydrogen (secondary N) is 1. The number of nitrogen functional groups attached to an aromatic ring is 1. The van der Waals surface area contributed by atoms with E-state index in [1.165, 1.54) is 10.5 Å². The number of aryl methyl sites for hydroxylation is 1. The molecule has 4 rings (SSSR count). The Hall–Kier alpha value is -3.04. The zero-order chi connectivity index (χ0) is 20.4. The molecule has 1 fully saturated rings. The number of nitrogens with zero attached hydrogens (tertiary/aromatic N) is 3. The average molecular weight is 398 g/mol. The minimum atomic E-state index is -0.366. The van der Waals surface area contributed by atoms with Gasteiger partial charge in [0, 0.05) is 32.4 Å². The maximum Gasteiger partial charge on any atom is 0.278 e. The van der Waals surface area contributed by atoms with Crippen molar-refractivity contribution in [2.75, 3.05) is 25.5 Å². The zero-order valence-corrected chi connectivity index (χ0v) is 16.0. The Labute approximate surface area is 166 Å². The van der Waals surface area contributed by atoms with Crippen LogP contribution in [0, 0.1) is 0 Å². The van der Waals surface area contributed by atoms with E-state index in [9.17, 15) is 14.7 Å². The number of rotatable bonds is 6. The third-order valence-electron chi connectivity index (χ3n) is 5.16. The van der Waals surface area contributed by atoms with E-state index in [0.29, 0.717) is 42.8 Å². The molecular weight excluding hydrogens is 374 g/mol. The second-order valence-electron chi connectivity index (χ2n) is 7.10. The quantitative estimate of drug-likeness (QED) is 0.397. The van der Waals surface area contributed by atoms with Gasteiger partial charge >= 0.3 is 0 Å². The molecule has 0 saturated carbocycles. The molecule has 1 atom stereocenters. The molecule has 1 amide bonds. The van der Waals surface area contributed by atoms with Crippen LogP contribution in [0.5, 0.6) is 0 Å². The van der Waals surface area contributed by atoms with Crippen LogP contribution in [0.3, 0.4) is 0 Å². The number of aromatic nitrogens is 3. The third kappa shape index (κ3) is 3.66. The molecule has 3 aromatic heterocycles. The third-order valence-corrected chi connectivity index (χ3v) is 5.16. The van der Waals surface area contributed by atoms with E-state index in [4.69, 9.17) is 10.5 Å². The Balaban J connectivity index is 1.82. The lowest BCUT2D eigenvalue weighted by Gasteiger charge is -2.14. The maximum absolute atomic E-state index is 13.0.